The first-order chi connectivity index (χ1) is 13.8. The van der Waals surface area contributed by atoms with Crippen LogP contribution in [0.1, 0.15) is 90.4 Å². The van der Waals surface area contributed by atoms with Crippen molar-refractivity contribution in [3.05, 3.63) is 0 Å². The molecule has 1 aliphatic rings. The van der Waals surface area contributed by atoms with Gasteiger partial charge in [0, 0.05) is 12.8 Å². The Labute approximate surface area is 172 Å². The number of hydrogen-bond donors (Lipinski definition) is 3. The van der Waals surface area contributed by atoms with Crippen molar-refractivity contribution in [2.75, 3.05) is 6.61 Å². The molecule has 0 bridgehead atoms. The third kappa shape index (κ3) is 9.23. The molecule has 0 aromatic rings. The average molecular weight is 417 g/mol. The zero-order valence-corrected chi connectivity index (χ0v) is 17.4. The number of Topliss-reactive ketones (excluding diaryl/α,β-unsaturated/α-hetero) is 1. The van der Waals surface area contributed by atoms with Crippen LogP contribution in [-0.4, -0.2) is 51.7 Å². The Kier molecular flexibility index (Phi) is 12.0. The Balaban J connectivity index is 2.88. The van der Waals surface area contributed by atoms with Gasteiger partial charge in [-0.3, -0.25) is 14.4 Å². The summed E-state index contributed by atoms with van der Waals surface area (Å²) in [6, 6.07) is 0. The highest BCUT2D eigenvalue weighted by Crippen LogP contribution is 2.24. The number of aliphatic hydroxyl groups is 3. The minimum absolute atomic E-state index is 0.0157. The van der Waals surface area contributed by atoms with E-state index < -0.39 is 36.5 Å². The standard InChI is InChI=1S/C21H36O8/c1-2-3-4-6-10-13-17(23)16-12-9-7-5-8-11-14-19(25)28-21(27,18(24)15-22)29-20(16)26/h16,18,22,24,27H,2-15H2,1H3. The first-order valence-electron chi connectivity index (χ1n) is 10.8. The normalized spacial score (nSPS) is 25.7. The van der Waals surface area contributed by atoms with Gasteiger partial charge < -0.3 is 24.8 Å². The second-order valence-corrected chi connectivity index (χ2v) is 7.71. The fourth-order valence-corrected chi connectivity index (χ4v) is 3.34. The fourth-order valence-electron chi connectivity index (χ4n) is 3.34. The van der Waals surface area contributed by atoms with Crippen molar-refractivity contribution in [3.63, 3.8) is 0 Å². The van der Waals surface area contributed by atoms with Crippen LogP contribution in [0.5, 0.6) is 0 Å². The molecule has 168 valence electrons. The van der Waals surface area contributed by atoms with Crippen LogP contribution >= 0.6 is 0 Å². The topological polar surface area (TPSA) is 130 Å². The van der Waals surface area contributed by atoms with Gasteiger partial charge in [0.15, 0.2) is 6.10 Å². The molecule has 3 N–H and O–H groups in total. The van der Waals surface area contributed by atoms with Crippen LogP contribution < -0.4 is 0 Å². The molecule has 8 heteroatoms. The van der Waals surface area contributed by atoms with E-state index >= 15 is 0 Å². The van der Waals surface area contributed by atoms with Gasteiger partial charge in [-0.25, -0.2) is 0 Å². The number of cyclic esters (lactones) is 2. The molecular weight excluding hydrogens is 380 g/mol. The molecule has 1 fully saturated rings. The fraction of sp³-hybridized carbons (Fsp3) is 0.857. The smallest absolute Gasteiger partial charge is 0.396 e. The van der Waals surface area contributed by atoms with Gasteiger partial charge in [-0.15, -0.1) is 0 Å². The highest BCUT2D eigenvalue weighted by Gasteiger charge is 2.46. The van der Waals surface area contributed by atoms with E-state index in [-0.39, 0.29) is 25.0 Å². The second kappa shape index (κ2) is 13.7. The van der Waals surface area contributed by atoms with Gasteiger partial charge in [0.2, 0.25) is 0 Å². The highest BCUT2D eigenvalue weighted by molar-refractivity contribution is 5.99. The van der Waals surface area contributed by atoms with Crippen LogP contribution in [0.25, 0.3) is 0 Å². The maximum atomic E-state index is 12.6. The number of esters is 2. The minimum atomic E-state index is -3.02. The Hall–Kier alpha value is -1.51. The van der Waals surface area contributed by atoms with Crippen LogP contribution in [0.3, 0.4) is 0 Å². The molecule has 3 unspecified atom stereocenters. The molecule has 1 heterocycles. The molecule has 0 spiro atoms. The third-order valence-electron chi connectivity index (χ3n) is 5.17. The lowest BCUT2D eigenvalue weighted by Gasteiger charge is -2.31. The molecule has 1 saturated heterocycles. The number of carbonyl (C=O) groups excluding carboxylic acids is 3. The summed E-state index contributed by atoms with van der Waals surface area (Å²) >= 11 is 0. The predicted molar refractivity (Wildman–Crippen MR) is 104 cm³/mol. The summed E-state index contributed by atoms with van der Waals surface area (Å²) in [7, 11) is 0. The summed E-state index contributed by atoms with van der Waals surface area (Å²) < 4.78 is 9.68. The Morgan fingerprint density at radius 1 is 1.07 bits per heavy atom. The predicted octanol–water partition coefficient (Wildman–Crippen LogP) is 2.36. The van der Waals surface area contributed by atoms with Crippen LogP contribution in [-0.2, 0) is 23.9 Å². The summed E-state index contributed by atoms with van der Waals surface area (Å²) in [6.45, 7) is 1.11. The molecule has 29 heavy (non-hydrogen) atoms. The number of ketones is 1. The lowest BCUT2D eigenvalue weighted by Crippen LogP contribution is -2.53. The molecule has 0 aromatic carbocycles. The van der Waals surface area contributed by atoms with E-state index in [0.717, 1.165) is 44.9 Å². The first kappa shape index (κ1) is 25.5. The number of rotatable bonds is 9. The maximum Gasteiger partial charge on any atom is 0.403 e. The molecule has 1 rings (SSSR count). The molecule has 0 radical (unpaired) electrons. The van der Waals surface area contributed by atoms with Crippen molar-refractivity contribution in [2.45, 2.75) is 102 Å². The molecule has 0 saturated carbocycles. The van der Waals surface area contributed by atoms with E-state index in [9.17, 15) is 24.6 Å². The number of unbranched alkanes of at least 4 members (excludes halogenated alkanes) is 4. The number of aliphatic hydroxyl groups excluding tert-OH is 2. The maximum absolute atomic E-state index is 12.6. The number of hydrogen-bond acceptors (Lipinski definition) is 8. The van der Waals surface area contributed by atoms with Crippen LogP contribution in [0.15, 0.2) is 0 Å². The second-order valence-electron chi connectivity index (χ2n) is 7.71. The molecule has 8 nitrogen and oxygen atoms in total. The van der Waals surface area contributed by atoms with Gasteiger partial charge in [-0.1, -0.05) is 58.3 Å². The summed E-state index contributed by atoms with van der Waals surface area (Å²) in [5, 5.41) is 29.4. The SMILES string of the molecule is CCCCCCCC(=O)C1CCCCCCCC(=O)OC(O)(C(O)CO)OC1=O. The van der Waals surface area contributed by atoms with E-state index in [0.29, 0.717) is 19.3 Å². The third-order valence-corrected chi connectivity index (χ3v) is 5.17. The van der Waals surface area contributed by atoms with E-state index in [1.807, 2.05) is 0 Å². The highest BCUT2D eigenvalue weighted by atomic mass is 16.8. The van der Waals surface area contributed by atoms with Gasteiger partial charge >= 0.3 is 17.9 Å². The first-order valence-corrected chi connectivity index (χ1v) is 10.8. The lowest BCUT2D eigenvalue weighted by atomic mass is 9.93. The van der Waals surface area contributed by atoms with Crippen molar-refractivity contribution >= 4 is 17.7 Å². The van der Waals surface area contributed by atoms with E-state index in [1.54, 1.807) is 0 Å². The van der Waals surface area contributed by atoms with Crippen molar-refractivity contribution in [1.82, 2.24) is 0 Å². The molecule has 0 aliphatic carbocycles. The number of ether oxygens (including phenoxy) is 2. The molecule has 0 aromatic heterocycles. The quantitative estimate of drug-likeness (QED) is 0.297. The zero-order valence-electron chi connectivity index (χ0n) is 17.4. The van der Waals surface area contributed by atoms with Gasteiger partial charge in [-0.2, -0.15) is 0 Å². The van der Waals surface area contributed by atoms with Crippen molar-refractivity contribution in [3.8, 4) is 0 Å². The van der Waals surface area contributed by atoms with E-state index in [2.05, 4.69) is 6.92 Å². The Morgan fingerprint density at radius 3 is 2.41 bits per heavy atom. The van der Waals surface area contributed by atoms with E-state index in [1.165, 1.54) is 0 Å². The monoisotopic (exact) mass is 416 g/mol. The Morgan fingerprint density at radius 2 is 1.72 bits per heavy atom. The van der Waals surface area contributed by atoms with Gasteiger partial charge in [-0.05, 0) is 19.3 Å². The molecule has 0 amide bonds. The van der Waals surface area contributed by atoms with Gasteiger partial charge in [0.05, 0.1) is 6.61 Å². The van der Waals surface area contributed by atoms with Crippen molar-refractivity contribution in [2.24, 2.45) is 5.92 Å². The molecule has 1 aliphatic heterocycles. The molecular formula is C21H36O8. The van der Waals surface area contributed by atoms with Crippen LogP contribution in [0.4, 0.5) is 0 Å². The van der Waals surface area contributed by atoms with Crippen molar-refractivity contribution in [1.29, 1.82) is 0 Å². The van der Waals surface area contributed by atoms with Crippen LogP contribution in [0.2, 0.25) is 0 Å². The van der Waals surface area contributed by atoms with Crippen molar-refractivity contribution < 1.29 is 39.2 Å². The number of carbonyl (C=O) groups is 3. The largest absolute Gasteiger partial charge is 0.403 e. The molecule has 3 atom stereocenters. The zero-order chi connectivity index (χ0) is 21.7. The lowest BCUT2D eigenvalue weighted by molar-refractivity contribution is -0.364. The summed E-state index contributed by atoms with van der Waals surface area (Å²) in [4.78, 5) is 37.2. The summed E-state index contributed by atoms with van der Waals surface area (Å²) in [5.74, 6) is -6.31. The minimum Gasteiger partial charge on any atom is -0.396 e. The Bertz CT molecular complexity index is 521. The van der Waals surface area contributed by atoms with Gasteiger partial charge in [0.1, 0.15) is 11.7 Å². The van der Waals surface area contributed by atoms with E-state index in [4.69, 9.17) is 14.6 Å². The van der Waals surface area contributed by atoms with Crippen LogP contribution in [0, 0.1) is 5.92 Å². The summed E-state index contributed by atoms with van der Waals surface area (Å²) in [5.41, 5.74) is 0. The average Bonchev–Trinajstić information content (AvgIpc) is 2.69. The summed E-state index contributed by atoms with van der Waals surface area (Å²) in [6.07, 6.45) is 6.81. The van der Waals surface area contributed by atoms with Gasteiger partial charge in [0.25, 0.3) is 0 Å².